The van der Waals surface area contributed by atoms with Gasteiger partial charge in [0.1, 0.15) is 11.6 Å². The van der Waals surface area contributed by atoms with Gasteiger partial charge in [-0.1, -0.05) is 34.1 Å². The summed E-state index contributed by atoms with van der Waals surface area (Å²) in [5.74, 6) is -2.25. The van der Waals surface area contributed by atoms with E-state index < -0.39 is 23.0 Å². The van der Waals surface area contributed by atoms with Crippen LogP contribution in [0.15, 0.2) is 46.9 Å². The van der Waals surface area contributed by atoms with Crippen molar-refractivity contribution in [2.24, 2.45) is 0 Å². The third-order valence-corrected chi connectivity index (χ3v) is 4.10. The molecular weight excluding hydrogens is 362 g/mol. The van der Waals surface area contributed by atoms with Crippen LogP contribution in [-0.2, 0) is 0 Å². The zero-order chi connectivity index (χ0) is 15.4. The summed E-state index contributed by atoms with van der Waals surface area (Å²) in [4.78, 5) is 11.9. The Kier molecular flexibility index (Phi) is 5.48. The number of carbonyl (C=O) groups excluding carboxylic acids is 1. The Bertz CT molecular complexity index is 623. The fourth-order valence-electron chi connectivity index (χ4n) is 1.99. The van der Waals surface area contributed by atoms with Crippen molar-refractivity contribution < 1.29 is 13.6 Å². The number of hydrogen-bond donors (Lipinski definition) is 0. The van der Waals surface area contributed by atoms with E-state index >= 15 is 0 Å². The lowest BCUT2D eigenvalue weighted by Crippen LogP contribution is -2.07. The number of carbonyl (C=O) groups is 1. The van der Waals surface area contributed by atoms with Crippen molar-refractivity contribution in [1.82, 2.24) is 0 Å². The number of halogens is 4. The van der Waals surface area contributed by atoms with Crippen molar-refractivity contribution in [1.29, 1.82) is 0 Å². The molecule has 0 aliphatic rings. The lowest BCUT2D eigenvalue weighted by Gasteiger charge is -2.10. The molecule has 0 bridgehead atoms. The van der Waals surface area contributed by atoms with Gasteiger partial charge in [0.15, 0.2) is 5.78 Å². The maximum atomic E-state index is 13.5. The van der Waals surface area contributed by atoms with Crippen LogP contribution in [0.25, 0.3) is 0 Å². The molecule has 21 heavy (non-hydrogen) atoms. The molecule has 0 amide bonds. The molecule has 0 fully saturated rings. The highest BCUT2D eigenvalue weighted by molar-refractivity contribution is 9.10. The van der Waals surface area contributed by atoms with E-state index in [1.165, 1.54) is 6.07 Å². The van der Waals surface area contributed by atoms with E-state index in [1.54, 1.807) is 0 Å². The van der Waals surface area contributed by atoms with Gasteiger partial charge in [-0.25, -0.2) is 8.78 Å². The van der Waals surface area contributed by atoms with Gasteiger partial charge in [0, 0.05) is 10.9 Å². The van der Waals surface area contributed by atoms with Gasteiger partial charge >= 0.3 is 0 Å². The lowest BCUT2D eigenvalue weighted by molar-refractivity contribution is 0.0971. The second-order valence-corrected chi connectivity index (χ2v) is 6.02. The van der Waals surface area contributed by atoms with Gasteiger partial charge in [-0.15, -0.1) is 11.6 Å². The highest BCUT2D eigenvalue weighted by Crippen LogP contribution is 2.28. The molecule has 110 valence electrons. The van der Waals surface area contributed by atoms with Crippen molar-refractivity contribution in [3.8, 4) is 0 Å². The maximum Gasteiger partial charge on any atom is 0.168 e. The molecule has 1 unspecified atom stereocenters. The molecule has 5 heteroatoms. The second-order valence-electron chi connectivity index (χ2n) is 4.58. The highest BCUT2D eigenvalue weighted by Gasteiger charge is 2.18. The summed E-state index contributed by atoms with van der Waals surface area (Å²) in [6.07, 6.45) is 0.303. The third-order valence-electron chi connectivity index (χ3n) is 3.10. The number of alkyl halides is 1. The standard InChI is InChI=1S/C16H12BrClF2O/c17-11-6-4-10(5-7-11)12(18)8-9-15(21)16-13(19)2-1-3-14(16)20/h1-7,12H,8-9H2. The Balaban J connectivity index is 2.02. The monoisotopic (exact) mass is 372 g/mol. The minimum Gasteiger partial charge on any atom is -0.294 e. The van der Waals surface area contributed by atoms with Crippen molar-refractivity contribution in [3.05, 3.63) is 69.7 Å². The van der Waals surface area contributed by atoms with Gasteiger partial charge in [-0.05, 0) is 36.2 Å². The quantitative estimate of drug-likeness (QED) is 0.487. The van der Waals surface area contributed by atoms with Crippen LogP contribution in [0.1, 0.15) is 34.1 Å². The highest BCUT2D eigenvalue weighted by atomic mass is 79.9. The van der Waals surface area contributed by atoms with E-state index in [4.69, 9.17) is 11.6 Å². The van der Waals surface area contributed by atoms with Crippen LogP contribution in [0.2, 0.25) is 0 Å². The van der Waals surface area contributed by atoms with E-state index in [0.717, 1.165) is 22.2 Å². The van der Waals surface area contributed by atoms with Gasteiger partial charge in [-0.2, -0.15) is 0 Å². The van der Waals surface area contributed by atoms with Crippen LogP contribution < -0.4 is 0 Å². The SMILES string of the molecule is O=C(CCC(Cl)c1ccc(Br)cc1)c1c(F)cccc1F. The van der Waals surface area contributed by atoms with E-state index in [-0.39, 0.29) is 11.8 Å². The number of Topliss-reactive ketones (excluding diaryl/α,β-unsaturated/α-hetero) is 1. The Morgan fingerprint density at radius 1 is 1.10 bits per heavy atom. The van der Waals surface area contributed by atoms with E-state index in [0.29, 0.717) is 6.42 Å². The molecule has 1 nitrogen and oxygen atoms in total. The largest absolute Gasteiger partial charge is 0.294 e. The van der Waals surface area contributed by atoms with Crippen LogP contribution in [0.5, 0.6) is 0 Å². The summed E-state index contributed by atoms with van der Waals surface area (Å²) < 4.78 is 27.9. The zero-order valence-corrected chi connectivity index (χ0v) is 13.3. The molecule has 2 rings (SSSR count). The first kappa shape index (κ1) is 16.1. The number of hydrogen-bond acceptors (Lipinski definition) is 1. The molecule has 1 atom stereocenters. The molecule has 0 heterocycles. The third kappa shape index (κ3) is 4.11. The molecule has 0 saturated carbocycles. The lowest BCUT2D eigenvalue weighted by atomic mass is 10.0. The summed E-state index contributed by atoms with van der Waals surface area (Å²) in [6.45, 7) is 0. The zero-order valence-electron chi connectivity index (χ0n) is 11.0. The molecule has 2 aromatic carbocycles. The van der Waals surface area contributed by atoms with E-state index in [9.17, 15) is 13.6 Å². The van der Waals surface area contributed by atoms with Crippen molar-refractivity contribution in [3.63, 3.8) is 0 Å². The summed E-state index contributed by atoms with van der Waals surface area (Å²) in [6, 6.07) is 10.8. The van der Waals surface area contributed by atoms with Crippen LogP contribution in [0.3, 0.4) is 0 Å². The van der Waals surface area contributed by atoms with Crippen molar-refractivity contribution in [2.45, 2.75) is 18.2 Å². The van der Waals surface area contributed by atoms with Crippen molar-refractivity contribution >= 4 is 33.3 Å². The summed E-state index contributed by atoms with van der Waals surface area (Å²) in [7, 11) is 0. The summed E-state index contributed by atoms with van der Waals surface area (Å²) in [5, 5.41) is -0.378. The smallest absolute Gasteiger partial charge is 0.168 e. The van der Waals surface area contributed by atoms with Gasteiger partial charge in [0.25, 0.3) is 0 Å². The van der Waals surface area contributed by atoms with Gasteiger partial charge < -0.3 is 0 Å². The van der Waals surface area contributed by atoms with Gasteiger partial charge in [0.05, 0.1) is 10.9 Å². The van der Waals surface area contributed by atoms with Crippen LogP contribution in [-0.4, -0.2) is 5.78 Å². The molecule has 0 aliphatic heterocycles. The predicted octanol–water partition coefficient (Wildman–Crippen LogP) is 5.67. The number of rotatable bonds is 5. The van der Waals surface area contributed by atoms with Crippen LogP contribution in [0.4, 0.5) is 8.78 Å². The maximum absolute atomic E-state index is 13.5. The minimum absolute atomic E-state index is 0.0118. The topological polar surface area (TPSA) is 17.1 Å². The average molecular weight is 374 g/mol. The first-order valence-corrected chi connectivity index (χ1v) is 7.58. The first-order chi connectivity index (χ1) is 9.99. The van der Waals surface area contributed by atoms with E-state index in [1.807, 2.05) is 24.3 Å². The molecule has 0 N–H and O–H groups in total. The average Bonchev–Trinajstić information content (AvgIpc) is 2.45. The normalized spacial score (nSPS) is 12.2. The Morgan fingerprint density at radius 3 is 2.24 bits per heavy atom. The van der Waals surface area contributed by atoms with Crippen LogP contribution in [0, 0.1) is 11.6 Å². The molecule has 2 aromatic rings. The molecule has 0 radical (unpaired) electrons. The molecule has 0 aliphatic carbocycles. The molecule has 0 aromatic heterocycles. The molecular formula is C16H12BrClF2O. The van der Waals surface area contributed by atoms with Gasteiger partial charge in [0.2, 0.25) is 0 Å². The molecule has 0 spiro atoms. The fourth-order valence-corrected chi connectivity index (χ4v) is 2.50. The fraction of sp³-hybridized carbons (Fsp3) is 0.188. The van der Waals surface area contributed by atoms with E-state index in [2.05, 4.69) is 15.9 Å². The first-order valence-electron chi connectivity index (χ1n) is 6.36. The molecule has 0 saturated heterocycles. The number of ketones is 1. The van der Waals surface area contributed by atoms with Crippen molar-refractivity contribution in [2.75, 3.05) is 0 Å². The Labute approximate surface area is 135 Å². The summed E-state index contributed by atoms with van der Waals surface area (Å²) in [5.41, 5.74) is 0.374. The number of benzene rings is 2. The predicted molar refractivity (Wildman–Crippen MR) is 82.7 cm³/mol. The van der Waals surface area contributed by atoms with Gasteiger partial charge in [-0.3, -0.25) is 4.79 Å². The Hall–Kier alpha value is -1.26. The minimum atomic E-state index is -0.838. The Morgan fingerprint density at radius 2 is 1.67 bits per heavy atom. The summed E-state index contributed by atoms with van der Waals surface area (Å²) >= 11 is 9.54. The van der Waals surface area contributed by atoms with Crippen LogP contribution >= 0.6 is 27.5 Å². The second kappa shape index (κ2) is 7.14.